The predicted octanol–water partition coefficient (Wildman–Crippen LogP) is 0.184. The number of aliphatic carboxylic acids is 1. The van der Waals surface area contributed by atoms with Crippen LogP contribution in [-0.4, -0.2) is 52.9 Å². The molecule has 1 aliphatic rings. The number of aliphatic hydroxyl groups excluding tert-OH is 1. The molecule has 0 aromatic carbocycles. The van der Waals surface area contributed by atoms with Gasteiger partial charge >= 0.3 is 12.0 Å². The zero-order valence-corrected chi connectivity index (χ0v) is 9.85. The van der Waals surface area contributed by atoms with E-state index in [4.69, 9.17) is 10.2 Å². The number of carboxylic acid groups (broad SMARTS) is 1. The molecule has 1 heterocycles. The third-order valence-electron chi connectivity index (χ3n) is 2.63. The molecule has 17 heavy (non-hydrogen) atoms. The highest BCUT2D eigenvalue weighted by Crippen LogP contribution is 2.09. The molecule has 1 rings (SSSR count). The first kappa shape index (κ1) is 13.5. The predicted molar refractivity (Wildman–Crippen MR) is 61.6 cm³/mol. The van der Waals surface area contributed by atoms with Gasteiger partial charge in [-0.05, 0) is 13.3 Å². The molecule has 0 spiro atoms. The zero-order chi connectivity index (χ0) is 12.8. The van der Waals surface area contributed by atoms with Gasteiger partial charge in [-0.15, -0.1) is 0 Å². The van der Waals surface area contributed by atoms with Gasteiger partial charge in [0, 0.05) is 26.1 Å². The molecule has 0 saturated heterocycles. The van der Waals surface area contributed by atoms with Gasteiger partial charge in [0.05, 0.1) is 0 Å². The highest BCUT2D eigenvalue weighted by atomic mass is 16.4. The van der Waals surface area contributed by atoms with Crippen molar-refractivity contribution < 1.29 is 19.8 Å². The summed E-state index contributed by atoms with van der Waals surface area (Å²) in [5, 5.41) is 20.0. The maximum Gasteiger partial charge on any atom is 0.326 e. The van der Waals surface area contributed by atoms with Gasteiger partial charge in [-0.1, -0.05) is 11.6 Å². The molecule has 0 aromatic rings. The molecule has 3 N–H and O–H groups in total. The summed E-state index contributed by atoms with van der Waals surface area (Å²) < 4.78 is 0. The maximum absolute atomic E-state index is 11.8. The van der Waals surface area contributed by atoms with Crippen molar-refractivity contribution in [2.45, 2.75) is 25.8 Å². The lowest BCUT2D eigenvalue weighted by molar-refractivity contribution is -0.139. The van der Waals surface area contributed by atoms with E-state index in [2.05, 4.69) is 11.4 Å². The van der Waals surface area contributed by atoms with E-state index in [-0.39, 0.29) is 13.0 Å². The van der Waals surface area contributed by atoms with E-state index in [0.717, 1.165) is 12.0 Å². The second-order valence-corrected chi connectivity index (χ2v) is 4.11. The van der Waals surface area contributed by atoms with Crippen LogP contribution in [0.25, 0.3) is 0 Å². The van der Waals surface area contributed by atoms with Crippen LogP contribution in [0.1, 0.15) is 19.8 Å². The maximum atomic E-state index is 11.8. The fourth-order valence-corrected chi connectivity index (χ4v) is 1.71. The topological polar surface area (TPSA) is 89.9 Å². The van der Waals surface area contributed by atoms with Crippen LogP contribution in [0.4, 0.5) is 4.79 Å². The summed E-state index contributed by atoms with van der Waals surface area (Å²) in [4.78, 5) is 24.2. The Kier molecular flexibility index (Phi) is 4.96. The number of amides is 2. The van der Waals surface area contributed by atoms with Crippen LogP contribution in [0.2, 0.25) is 0 Å². The molecule has 1 atom stereocenters. The van der Waals surface area contributed by atoms with Crippen molar-refractivity contribution in [2.24, 2.45) is 0 Å². The van der Waals surface area contributed by atoms with Crippen LogP contribution in [-0.2, 0) is 4.79 Å². The van der Waals surface area contributed by atoms with Gasteiger partial charge in [-0.2, -0.15) is 0 Å². The van der Waals surface area contributed by atoms with E-state index in [0.29, 0.717) is 13.1 Å². The van der Waals surface area contributed by atoms with Crippen molar-refractivity contribution in [3.63, 3.8) is 0 Å². The Morgan fingerprint density at radius 2 is 2.29 bits per heavy atom. The molecule has 0 aliphatic carbocycles. The normalized spacial score (nSPS) is 17.3. The second kappa shape index (κ2) is 6.24. The SMILES string of the molecule is CC1=CCCN(C(=O)NC(CCO)C(=O)O)C1. The number of carbonyl (C=O) groups excluding carboxylic acids is 1. The van der Waals surface area contributed by atoms with Crippen molar-refractivity contribution in [2.75, 3.05) is 19.7 Å². The lowest BCUT2D eigenvalue weighted by Gasteiger charge is -2.27. The molecule has 0 radical (unpaired) electrons. The minimum atomic E-state index is -1.13. The summed E-state index contributed by atoms with van der Waals surface area (Å²) in [5.41, 5.74) is 1.10. The molecule has 0 aromatic heterocycles. The third-order valence-corrected chi connectivity index (χ3v) is 2.63. The van der Waals surface area contributed by atoms with Gasteiger partial charge in [-0.25, -0.2) is 9.59 Å². The Labute approximate surface area is 99.9 Å². The first-order valence-corrected chi connectivity index (χ1v) is 5.59. The number of urea groups is 1. The molecular formula is C11H18N2O4. The summed E-state index contributed by atoms with van der Waals surface area (Å²) in [5.74, 6) is -1.13. The highest BCUT2D eigenvalue weighted by Gasteiger charge is 2.23. The van der Waals surface area contributed by atoms with E-state index in [1.807, 2.05) is 6.92 Å². The van der Waals surface area contributed by atoms with Gasteiger partial charge in [-0.3, -0.25) is 0 Å². The van der Waals surface area contributed by atoms with Crippen molar-refractivity contribution in [1.29, 1.82) is 0 Å². The van der Waals surface area contributed by atoms with Crippen LogP contribution in [0.3, 0.4) is 0 Å². The number of carbonyl (C=O) groups is 2. The molecule has 2 amide bonds. The van der Waals surface area contributed by atoms with E-state index >= 15 is 0 Å². The summed E-state index contributed by atoms with van der Waals surface area (Å²) in [6.07, 6.45) is 2.87. The Morgan fingerprint density at radius 3 is 2.82 bits per heavy atom. The van der Waals surface area contributed by atoms with E-state index in [1.54, 1.807) is 4.90 Å². The van der Waals surface area contributed by atoms with Gasteiger partial charge in [0.1, 0.15) is 6.04 Å². The smallest absolute Gasteiger partial charge is 0.326 e. The minimum absolute atomic E-state index is 0.0176. The average molecular weight is 242 g/mol. The van der Waals surface area contributed by atoms with Crippen LogP contribution in [0.5, 0.6) is 0 Å². The quantitative estimate of drug-likeness (QED) is 0.614. The van der Waals surface area contributed by atoms with Gasteiger partial charge < -0.3 is 20.4 Å². The standard InChI is InChI=1S/C11H18N2O4/c1-8-3-2-5-13(7-8)11(17)12-9(4-6-14)10(15)16/h3,9,14H,2,4-7H2,1H3,(H,12,17)(H,15,16). The Balaban J connectivity index is 2.52. The van der Waals surface area contributed by atoms with Gasteiger partial charge in [0.25, 0.3) is 0 Å². The summed E-state index contributed by atoms with van der Waals surface area (Å²) in [6, 6.07) is -1.42. The molecule has 0 saturated carbocycles. The minimum Gasteiger partial charge on any atom is -0.480 e. The first-order valence-electron chi connectivity index (χ1n) is 5.59. The Bertz CT molecular complexity index is 327. The summed E-state index contributed by atoms with van der Waals surface area (Å²) in [6.45, 7) is 2.78. The summed E-state index contributed by atoms with van der Waals surface area (Å²) >= 11 is 0. The van der Waals surface area contributed by atoms with Crippen LogP contribution >= 0.6 is 0 Å². The Morgan fingerprint density at radius 1 is 1.59 bits per heavy atom. The number of aliphatic hydroxyl groups is 1. The molecule has 96 valence electrons. The monoisotopic (exact) mass is 242 g/mol. The molecule has 6 nitrogen and oxygen atoms in total. The average Bonchev–Trinajstić information content (AvgIpc) is 2.28. The molecule has 6 heteroatoms. The van der Waals surface area contributed by atoms with E-state index in [9.17, 15) is 9.59 Å². The largest absolute Gasteiger partial charge is 0.480 e. The fourth-order valence-electron chi connectivity index (χ4n) is 1.71. The second-order valence-electron chi connectivity index (χ2n) is 4.11. The number of carboxylic acids is 1. The number of nitrogens with one attached hydrogen (secondary N) is 1. The lowest BCUT2D eigenvalue weighted by Crippen LogP contribution is -2.49. The molecule has 1 aliphatic heterocycles. The van der Waals surface area contributed by atoms with Crippen LogP contribution in [0, 0.1) is 0 Å². The highest BCUT2D eigenvalue weighted by molar-refractivity contribution is 5.82. The molecular weight excluding hydrogens is 224 g/mol. The van der Waals surface area contributed by atoms with Crippen molar-refractivity contribution in [3.8, 4) is 0 Å². The summed E-state index contributed by atoms with van der Waals surface area (Å²) in [7, 11) is 0. The fraction of sp³-hybridized carbons (Fsp3) is 0.636. The van der Waals surface area contributed by atoms with Gasteiger partial charge in [0.15, 0.2) is 0 Å². The van der Waals surface area contributed by atoms with Crippen molar-refractivity contribution in [1.82, 2.24) is 10.2 Å². The molecule has 0 bridgehead atoms. The van der Waals surface area contributed by atoms with Gasteiger partial charge in [0.2, 0.25) is 0 Å². The van der Waals surface area contributed by atoms with E-state index in [1.165, 1.54) is 0 Å². The number of hydrogen-bond acceptors (Lipinski definition) is 3. The van der Waals surface area contributed by atoms with Crippen molar-refractivity contribution >= 4 is 12.0 Å². The lowest BCUT2D eigenvalue weighted by atomic mass is 10.1. The molecule has 1 unspecified atom stereocenters. The van der Waals surface area contributed by atoms with Crippen molar-refractivity contribution in [3.05, 3.63) is 11.6 Å². The Hall–Kier alpha value is -1.56. The van der Waals surface area contributed by atoms with Crippen LogP contribution in [0.15, 0.2) is 11.6 Å². The first-order chi connectivity index (χ1) is 8.04. The number of hydrogen-bond donors (Lipinski definition) is 3. The van der Waals surface area contributed by atoms with Crippen LogP contribution < -0.4 is 5.32 Å². The number of nitrogens with zero attached hydrogens (tertiary/aromatic N) is 1. The third kappa shape index (κ3) is 4.07. The zero-order valence-electron chi connectivity index (χ0n) is 9.85. The number of rotatable bonds is 4. The molecule has 0 fully saturated rings. The van der Waals surface area contributed by atoms with E-state index < -0.39 is 18.0 Å².